The van der Waals surface area contributed by atoms with Gasteiger partial charge in [-0.2, -0.15) is 0 Å². The van der Waals surface area contributed by atoms with Crippen molar-refractivity contribution in [1.82, 2.24) is 10.2 Å². The number of aryl methyl sites for hydroxylation is 1. The van der Waals surface area contributed by atoms with Gasteiger partial charge in [-0.1, -0.05) is 25.1 Å². The first-order chi connectivity index (χ1) is 11.2. The Kier molecular flexibility index (Phi) is 7.40. The molecule has 0 aromatic heterocycles. The maximum absolute atomic E-state index is 12.6. The Morgan fingerprint density at radius 2 is 2.04 bits per heavy atom. The number of ether oxygens (including phenoxy) is 1. The molecule has 1 aromatic rings. The molecule has 0 radical (unpaired) electrons. The number of carbonyl (C=O) groups is 1. The summed E-state index contributed by atoms with van der Waals surface area (Å²) in [6.07, 6.45) is 4.53. The Balaban J connectivity index is 1.76. The molecule has 1 saturated heterocycles. The average Bonchev–Trinajstić information content (AvgIpc) is 2.58. The number of hydrogen-bond donors (Lipinski definition) is 1. The smallest absolute Gasteiger partial charge is 0.222 e. The van der Waals surface area contributed by atoms with Crippen molar-refractivity contribution in [2.45, 2.75) is 52.0 Å². The van der Waals surface area contributed by atoms with Gasteiger partial charge in [0, 0.05) is 19.0 Å². The summed E-state index contributed by atoms with van der Waals surface area (Å²) < 4.78 is 5.79. The minimum absolute atomic E-state index is 0.284. The summed E-state index contributed by atoms with van der Waals surface area (Å²) in [4.78, 5) is 14.7. The van der Waals surface area contributed by atoms with Crippen LogP contribution in [0.2, 0.25) is 0 Å². The van der Waals surface area contributed by atoms with Gasteiger partial charge in [0.05, 0.1) is 6.61 Å². The SMILES string of the molecule is CCCN(C(=O)CCCOc1ccccc1C)C1CCNCC1. The van der Waals surface area contributed by atoms with E-state index in [-0.39, 0.29) is 5.91 Å². The maximum atomic E-state index is 12.6. The number of para-hydroxylation sites is 1. The number of nitrogens with one attached hydrogen (secondary N) is 1. The van der Waals surface area contributed by atoms with E-state index in [4.69, 9.17) is 4.74 Å². The molecule has 4 heteroatoms. The molecule has 0 bridgehead atoms. The summed E-state index contributed by atoms with van der Waals surface area (Å²) in [5.74, 6) is 1.20. The molecule has 0 aliphatic carbocycles. The molecule has 4 nitrogen and oxygen atoms in total. The van der Waals surface area contributed by atoms with Crippen molar-refractivity contribution in [3.05, 3.63) is 29.8 Å². The van der Waals surface area contributed by atoms with E-state index in [2.05, 4.69) is 17.1 Å². The van der Waals surface area contributed by atoms with Crippen molar-refractivity contribution in [2.75, 3.05) is 26.2 Å². The molecule has 1 aromatic carbocycles. The Morgan fingerprint density at radius 1 is 1.30 bits per heavy atom. The maximum Gasteiger partial charge on any atom is 0.222 e. The van der Waals surface area contributed by atoms with Gasteiger partial charge in [-0.05, 0) is 57.3 Å². The zero-order chi connectivity index (χ0) is 16.5. The normalized spacial score (nSPS) is 15.4. The highest BCUT2D eigenvalue weighted by molar-refractivity contribution is 5.76. The molecule has 1 heterocycles. The summed E-state index contributed by atoms with van der Waals surface area (Å²) in [6.45, 7) is 7.71. The minimum Gasteiger partial charge on any atom is -0.493 e. The van der Waals surface area contributed by atoms with Crippen LogP contribution in [0.4, 0.5) is 0 Å². The highest BCUT2D eigenvalue weighted by Gasteiger charge is 2.24. The molecule has 1 amide bonds. The first kappa shape index (κ1) is 17.8. The van der Waals surface area contributed by atoms with Crippen LogP contribution in [0.25, 0.3) is 0 Å². The van der Waals surface area contributed by atoms with Gasteiger partial charge in [0.2, 0.25) is 5.91 Å². The van der Waals surface area contributed by atoms with Gasteiger partial charge in [0.15, 0.2) is 0 Å². The van der Waals surface area contributed by atoms with Crippen molar-refractivity contribution in [2.24, 2.45) is 0 Å². The monoisotopic (exact) mass is 318 g/mol. The number of carbonyl (C=O) groups excluding carboxylic acids is 1. The molecule has 0 atom stereocenters. The van der Waals surface area contributed by atoms with Gasteiger partial charge >= 0.3 is 0 Å². The van der Waals surface area contributed by atoms with Crippen LogP contribution in [0.1, 0.15) is 44.6 Å². The zero-order valence-corrected chi connectivity index (χ0v) is 14.5. The molecule has 1 aliphatic rings. The van der Waals surface area contributed by atoms with E-state index >= 15 is 0 Å². The lowest BCUT2D eigenvalue weighted by Crippen LogP contribution is -2.46. The molecule has 1 N–H and O–H groups in total. The van der Waals surface area contributed by atoms with Gasteiger partial charge in [0.25, 0.3) is 0 Å². The first-order valence-electron chi connectivity index (χ1n) is 8.91. The predicted octanol–water partition coefficient (Wildman–Crippen LogP) is 3.14. The number of hydrogen-bond acceptors (Lipinski definition) is 3. The Morgan fingerprint density at radius 3 is 2.74 bits per heavy atom. The van der Waals surface area contributed by atoms with Crippen LogP contribution in [-0.2, 0) is 4.79 Å². The third-order valence-electron chi connectivity index (χ3n) is 4.42. The molecule has 1 aliphatic heterocycles. The molecule has 0 spiro atoms. The second-order valence-corrected chi connectivity index (χ2v) is 6.29. The minimum atomic E-state index is 0.284. The fourth-order valence-corrected chi connectivity index (χ4v) is 3.14. The lowest BCUT2D eigenvalue weighted by Gasteiger charge is -2.34. The van der Waals surface area contributed by atoms with Crippen molar-refractivity contribution < 1.29 is 9.53 Å². The summed E-state index contributed by atoms with van der Waals surface area (Å²) in [5, 5.41) is 3.37. The van der Waals surface area contributed by atoms with Crippen LogP contribution in [0.15, 0.2) is 24.3 Å². The van der Waals surface area contributed by atoms with Crippen LogP contribution in [0.5, 0.6) is 5.75 Å². The van der Waals surface area contributed by atoms with Gasteiger partial charge in [-0.3, -0.25) is 4.79 Å². The fraction of sp³-hybridized carbons (Fsp3) is 0.632. The second-order valence-electron chi connectivity index (χ2n) is 6.29. The number of benzene rings is 1. The van der Waals surface area contributed by atoms with Gasteiger partial charge in [0.1, 0.15) is 5.75 Å². The lowest BCUT2D eigenvalue weighted by molar-refractivity contribution is -0.134. The van der Waals surface area contributed by atoms with Crippen molar-refractivity contribution in [1.29, 1.82) is 0 Å². The molecule has 2 rings (SSSR count). The topological polar surface area (TPSA) is 41.6 Å². The van der Waals surface area contributed by atoms with Crippen molar-refractivity contribution >= 4 is 5.91 Å². The third-order valence-corrected chi connectivity index (χ3v) is 4.42. The fourth-order valence-electron chi connectivity index (χ4n) is 3.14. The Bertz CT molecular complexity index is 484. The second kappa shape index (κ2) is 9.56. The quantitative estimate of drug-likeness (QED) is 0.749. The van der Waals surface area contributed by atoms with Gasteiger partial charge in [-0.15, -0.1) is 0 Å². The van der Waals surface area contributed by atoms with Crippen molar-refractivity contribution in [3.8, 4) is 5.75 Å². The van der Waals surface area contributed by atoms with E-state index in [1.165, 1.54) is 0 Å². The van der Waals surface area contributed by atoms with Crippen LogP contribution in [-0.4, -0.2) is 43.1 Å². The Hall–Kier alpha value is -1.55. The average molecular weight is 318 g/mol. The molecular formula is C19H30N2O2. The molecule has 128 valence electrons. The summed E-state index contributed by atoms with van der Waals surface area (Å²) in [5.41, 5.74) is 1.14. The lowest BCUT2D eigenvalue weighted by atomic mass is 10.0. The zero-order valence-electron chi connectivity index (χ0n) is 14.5. The van der Waals surface area contributed by atoms with Crippen LogP contribution >= 0.6 is 0 Å². The van der Waals surface area contributed by atoms with E-state index in [1.807, 2.05) is 31.2 Å². The highest BCUT2D eigenvalue weighted by atomic mass is 16.5. The summed E-state index contributed by atoms with van der Waals surface area (Å²) in [7, 11) is 0. The van der Waals surface area contributed by atoms with Gasteiger partial charge < -0.3 is 15.0 Å². The van der Waals surface area contributed by atoms with E-state index in [0.717, 1.165) is 56.6 Å². The standard InChI is InChI=1S/C19H30N2O2/c1-3-14-21(17-10-12-20-13-11-17)19(22)9-6-15-23-18-8-5-4-7-16(18)2/h4-5,7-8,17,20H,3,6,9-15H2,1-2H3. The van der Waals surface area contributed by atoms with Crippen LogP contribution < -0.4 is 10.1 Å². The van der Waals surface area contributed by atoms with E-state index in [9.17, 15) is 4.79 Å². The number of amides is 1. The van der Waals surface area contributed by atoms with Crippen molar-refractivity contribution in [3.63, 3.8) is 0 Å². The Labute approximate surface area is 140 Å². The van der Waals surface area contributed by atoms with Gasteiger partial charge in [-0.25, -0.2) is 0 Å². The number of piperidine rings is 1. The van der Waals surface area contributed by atoms with E-state index in [0.29, 0.717) is 19.1 Å². The van der Waals surface area contributed by atoms with E-state index < -0.39 is 0 Å². The summed E-state index contributed by atoms with van der Waals surface area (Å²) >= 11 is 0. The predicted molar refractivity (Wildman–Crippen MR) is 93.8 cm³/mol. The largest absolute Gasteiger partial charge is 0.493 e. The third kappa shape index (κ3) is 5.54. The number of nitrogens with zero attached hydrogens (tertiary/aromatic N) is 1. The molecular weight excluding hydrogens is 288 g/mol. The molecule has 23 heavy (non-hydrogen) atoms. The molecule has 0 unspecified atom stereocenters. The van der Waals surface area contributed by atoms with E-state index in [1.54, 1.807) is 0 Å². The molecule has 0 saturated carbocycles. The highest BCUT2D eigenvalue weighted by Crippen LogP contribution is 2.17. The van der Waals surface area contributed by atoms with Crippen LogP contribution in [0, 0.1) is 6.92 Å². The summed E-state index contributed by atoms with van der Waals surface area (Å²) in [6, 6.07) is 8.43. The first-order valence-corrected chi connectivity index (χ1v) is 8.91. The van der Waals surface area contributed by atoms with Crippen LogP contribution in [0.3, 0.4) is 0 Å². The number of rotatable bonds is 8. The molecule has 1 fully saturated rings.